The van der Waals surface area contributed by atoms with E-state index >= 15 is 0 Å². The second-order valence-corrected chi connectivity index (χ2v) is 4.57. The van der Waals surface area contributed by atoms with Gasteiger partial charge in [0.2, 0.25) is 0 Å². The van der Waals surface area contributed by atoms with Crippen LogP contribution in [0.3, 0.4) is 0 Å². The molecule has 0 saturated heterocycles. The Labute approximate surface area is 110 Å². The average Bonchev–Trinajstić information content (AvgIpc) is 2.54. The van der Waals surface area contributed by atoms with E-state index in [0.29, 0.717) is 12.2 Å². The number of hydrogen-bond donors (Lipinski definition) is 1. The van der Waals surface area contributed by atoms with Crippen molar-refractivity contribution in [3.05, 3.63) is 22.4 Å². The summed E-state index contributed by atoms with van der Waals surface area (Å²) in [7, 11) is 3.61. The zero-order valence-corrected chi connectivity index (χ0v) is 12.0. The summed E-state index contributed by atoms with van der Waals surface area (Å²) in [4.78, 5) is 13.7. The molecule has 16 heavy (non-hydrogen) atoms. The van der Waals surface area contributed by atoms with E-state index in [9.17, 15) is 4.79 Å². The van der Waals surface area contributed by atoms with Gasteiger partial charge in [-0.3, -0.25) is 4.79 Å². The monoisotopic (exact) mass is 309 g/mol. The van der Waals surface area contributed by atoms with E-state index in [2.05, 4.69) is 15.9 Å². The lowest BCUT2D eigenvalue weighted by Gasteiger charge is -2.23. The van der Waals surface area contributed by atoms with Gasteiger partial charge < -0.3 is 15.2 Å². The predicted octanol–water partition coefficient (Wildman–Crippen LogP) is 1.63. The van der Waals surface area contributed by atoms with Crippen LogP contribution in [0.5, 0.6) is 0 Å². The molecule has 1 rings (SSSR count). The first-order valence-corrected chi connectivity index (χ1v) is 5.55. The highest BCUT2D eigenvalue weighted by molar-refractivity contribution is 9.10. The van der Waals surface area contributed by atoms with Crippen molar-refractivity contribution >= 4 is 34.2 Å². The number of aromatic nitrogens is 1. The van der Waals surface area contributed by atoms with Crippen LogP contribution in [0.1, 0.15) is 17.4 Å². The SMILES string of the molecule is CC(CN)N(C)C(=O)c1cc(Br)cn1C.Cl. The number of amides is 1. The lowest BCUT2D eigenvalue weighted by Crippen LogP contribution is -2.40. The van der Waals surface area contributed by atoms with Crippen molar-refractivity contribution in [2.24, 2.45) is 12.8 Å². The van der Waals surface area contributed by atoms with Gasteiger partial charge in [0, 0.05) is 37.4 Å². The smallest absolute Gasteiger partial charge is 0.270 e. The number of likely N-dealkylation sites (N-methyl/N-ethyl adjacent to an activating group) is 1. The van der Waals surface area contributed by atoms with Gasteiger partial charge in [-0.2, -0.15) is 0 Å². The highest BCUT2D eigenvalue weighted by Crippen LogP contribution is 2.15. The third-order valence-electron chi connectivity index (χ3n) is 2.51. The fraction of sp³-hybridized carbons (Fsp3) is 0.500. The van der Waals surface area contributed by atoms with E-state index in [0.717, 1.165) is 4.47 Å². The summed E-state index contributed by atoms with van der Waals surface area (Å²) in [6, 6.07) is 1.85. The maximum Gasteiger partial charge on any atom is 0.270 e. The van der Waals surface area contributed by atoms with Gasteiger partial charge in [0.25, 0.3) is 5.91 Å². The molecule has 2 N–H and O–H groups in total. The van der Waals surface area contributed by atoms with Crippen molar-refractivity contribution in [1.82, 2.24) is 9.47 Å². The molecule has 0 spiro atoms. The second kappa shape index (κ2) is 6.27. The van der Waals surface area contributed by atoms with Gasteiger partial charge in [-0.15, -0.1) is 12.4 Å². The average molecular weight is 311 g/mol. The summed E-state index contributed by atoms with van der Waals surface area (Å²) in [5, 5.41) is 0. The molecule has 1 atom stereocenters. The molecule has 0 aliphatic rings. The number of halogens is 2. The third kappa shape index (κ3) is 3.23. The van der Waals surface area contributed by atoms with Crippen molar-refractivity contribution < 1.29 is 4.79 Å². The lowest BCUT2D eigenvalue weighted by molar-refractivity contribution is 0.0739. The van der Waals surface area contributed by atoms with Gasteiger partial charge in [0.1, 0.15) is 5.69 Å². The van der Waals surface area contributed by atoms with E-state index in [-0.39, 0.29) is 24.4 Å². The van der Waals surface area contributed by atoms with Gasteiger partial charge in [0.05, 0.1) is 0 Å². The summed E-state index contributed by atoms with van der Waals surface area (Å²) >= 11 is 3.34. The first-order valence-electron chi connectivity index (χ1n) is 4.76. The van der Waals surface area contributed by atoms with Crippen LogP contribution in [0.4, 0.5) is 0 Å². The van der Waals surface area contributed by atoms with Crippen LogP contribution in [0.25, 0.3) is 0 Å². The summed E-state index contributed by atoms with van der Waals surface area (Å²) in [6.45, 7) is 2.39. The Morgan fingerprint density at radius 2 is 2.25 bits per heavy atom. The summed E-state index contributed by atoms with van der Waals surface area (Å²) in [5.74, 6) is -0.0128. The minimum absolute atomic E-state index is 0. The van der Waals surface area contributed by atoms with Crippen molar-refractivity contribution in [2.75, 3.05) is 13.6 Å². The van der Waals surface area contributed by atoms with Crippen molar-refractivity contribution in [3.8, 4) is 0 Å². The van der Waals surface area contributed by atoms with Crippen LogP contribution in [0.15, 0.2) is 16.7 Å². The van der Waals surface area contributed by atoms with E-state index in [1.807, 2.05) is 26.2 Å². The molecule has 0 bridgehead atoms. The van der Waals surface area contributed by atoms with Crippen LogP contribution in [0, 0.1) is 0 Å². The number of nitrogens with zero attached hydrogens (tertiary/aromatic N) is 2. The summed E-state index contributed by atoms with van der Waals surface area (Å²) < 4.78 is 2.70. The van der Waals surface area contributed by atoms with Crippen LogP contribution < -0.4 is 5.73 Å². The zero-order valence-electron chi connectivity index (χ0n) is 9.61. The van der Waals surface area contributed by atoms with Gasteiger partial charge in [0.15, 0.2) is 0 Å². The molecule has 1 unspecified atom stereocenters. The maximum atomic E-state index is 12.0. The first-order chi connectivity index (χ1) is 6.97. The Bertz CT molecular complexity index is 367. The minimum Gasteiger partial charge on any atom is -0.345 e. The second-order valence-electron chi connectivity index (χ2n) is 3.66. The summed E-state index contributed by atoms with van der Waals surface area (Å²) in [5.41, 5.74) is 6.18. The van der Waals surface area contributed by atoms with Gasteiger partial charge in [-0.05, 0) is 28.9 Å². The largest absolute Gasteiger partial charge is 0.345 e. The van der Waals surface area contributed by atoms with E-state index in [1.54, 1.807) is 16.5 Å². The van der Waals surface area contributed by atoms with Crippen molar-refractivity contribution in [3.63, 3.8) is 0 Å². The first kappa shape index (κ1) is 15.5. The standard InChI is InChI=1S/C10H16BrN3O.ClH/c1-7(5-12)14(3)10(15)9-4-8(11)6-13(9)2;/h4,6-7H,5,12H2,1-3H3;1H. The normalized spacial score (nSPS) is 11.8. The Hall–Kier alpha value is -0.520. The quantitative estimate of drug-likeness (QED) is 0.922. The van der Waals surface area contributed by atoms with E-state index in [4.69, 9.17) is 5.73 Å². The fourth-order valence-corrected chi connectivity index (χ4v) is 1.80. The number of carbonyl (C=O) groups is 1. The number of rotatable bonds is 3. The molecule has 0 saturated carbocycles. The predicted molar refractivity (Wildman–Crippen MR) is 71.0 cm³/mol. The van der Waals surface area contributed by atoms with Crippen LogP contribution >= 0.6 is 28.3 Å². The number of hydrogen-bond acceptors (Lipinski definition) is 2. The van der Waals surface area contributed by atoms with Crippen LogP contribution in [-0.4, -0.2) is 35.0 Å². The summed E-state index contributed by atoms with van der Waals surface area (Å²) in [6.07, 6.45) is 1.86. The molecule has 6 heteroatoms. The molecule has 1 amide bonds. The minimum atomic E-state index is -0.0128. The molecular formula is C10H17BrClN3O. The van der Waals surface area contributed by atoms with Gasteiger partial charge in [-0.1, -0.05) is 0 Å². The molecular weight excluding hydrogens is 293 g/mol. The molecule has 1 aromatic rings. The van der Waals surface area contributed by atoms with Crippen LogP contribution in [-0.2, 0) is 7.05 Å². The van der Waals surface area contributed by atoms with Crippen molar-refractivity contribution in [1.29, 1.82) is 0 Å². The van der Waals surface area contributed by atoms with E-state index in [1.165, 1.54) is 0 Å². The zero-order chi connectivity index (χ0) is 11.6. The van der Waals surface area contributed by atoms with E-state index < -0.39 is 0 Å². The molecule has 0 aliphatic carbocycles. The number of aryl methyl sites for hydroxylation is 1. The molecule has 0 radical (unpaired) electrons. The fourth-order valence-electron chi connectivity index (χ4n) is 1.28. The topological polar surface area (TPSA) is 51.3 Å². The molecule has 0 fully saturated rings. The Balaban J connectivity index is 0.00000225. The number of carbonyl (C=O) groups excluding carboxylic acids is 1. The molecule has 0 aliphatic heterocycles. The van der Waals surface area contributed by atoms with Gasteiger partial charge >= 0.3 is 0 Å². The van der Waals surface area contributed by atoms with Gasteiger partial charge in [-0.25, -0.2) is 0 Å². The number of nitrogens with two attached hydrogens (primary N) is 1. The lowest BCUT2D eigenvalue weighted by atomic mass is 10.2. The molecule has 4 nitrogen and oxygen atoms in total. The van der Waals surface area contributed by atoms with Crippen LogP contribution in [0.2, 0.25) is 0 Å². The highest BCUT2D eigenvalue weighted by Gasteiger charge is 2.19. The molecule has 1 aromatic heterocycles. The third-order valence-corrected chi connectivity index (χ3v) is 2.95. The molecule has 1 heterocycles. The molecule has 0 aromatic carbocycles. The maximum absolute atomic E-state index is 12.0. The molecule has 92 valence electrons. The highest BCUT2D eigenvalue weighted by atomic mass is 79.9. The Morgan fingerprint density at radius 3 is 2.62 bits per heavy atom. The van der Waals surface area contributed by atoms with Crippen molar-refractivity contribution in [2.45, 2.75) is 13.0 Å². The Morgan fingerprint density at radius 1 is 1.69 bits per heavy atom. The Kier molecular flexibility index (Phi) is 6.07.